The molecule has 0 radical (unpaired) electrons. The SMILES string of the molecule is CCC[C@H](NCOC[C@@H]1CC(Oc2nc(-c3ccccn3)nc3ccsc23)CN1C(=O)[C@@H](NCOCNC(C)(C)C)C(C)(C)C)C(=O)COC. The Labute approximate surface area is 300 Å². The summed E-state index contributed by atoms with van der Waals surface area (Å²) in [6.45, 7) is 15.7. The number of thiophene rings is 1. The molecule has 50 heavy (non-hydrogen) atoms. The number of rotatable bonds is 19. The maximum atomic E-state index is 14.4. The quantitative estimate of drug-likeness (QED) is 0.120. The van der Waals surface area contributed by atoms with Crippen LogP contribution in [0, 0.1) is 5.41 Å². The van der Waals surface area contributed by atoms with Crippen LogP contribution < -0.4 is 20.7 Å². The third kappa shape index (κ3) is 11.5. The number of nitrogens with one attached hydrogen (secondary N) is 3. The molecule has 276 valence electrons. The lowest BCUT2D eigenvalue weighted by Crippen LogP contribution is -2.55. The van der Waals surface area contributed by atoms with Crippen molar-refractivity contribution in [3.8, 4) is 17.4 Å². The molecule has 14 heteroatoms. The predicted octanol–water partition coefficient (Wildman–Crippen LogP) is 4.37. The number of likely N-dealkylation sites (tertiary alicyclic amines) is 1. The molecule has 0 aromatic carbocycles. The molecule has 4 atom stereocenters. The number of carbonyl (C=O) groups is 2. The maximum absolute atomic E-state index is 14.4. The number of fused-ring (bicyclic) bond motifs is 1. The number of amides is 1. The van der Waals surface area contributed by atoms with Crippen molar-refractivity contribution in [1.82, 2.24) is 35.8 Å². The highest BCUT2D eigenvalue weighted by Gasteiger charge is 2.43. The minimum atomic E-state index is -0.532. The van der Waals surface area contributed by atoms with Crippen molar-refractivity contribution in [2.75, 3.05) is 47.1 Å². The van der Waals surface area contributed by atoms with Crippen LogP contribution in [0.3, 0.4) is 0 Å². The molecule has 1 aliphatic heterocycles. The van der Waals surface area contributed by atoms with Gasteiger partial charge in [0, 0.05) is 25.3 Å². The van der Waals surface area contributed by atoms with Crippen molar-refractivity contribution in [2.45, 2.75) is 97.5 Å². The van der Waals surface area contributed by atoms with Gasteiger partial charge in [0.05, 0.1) is 57.0 Å². The van der Waals surface area contributed by atoms with Gasteiger partial charge >= 0.3 is 0 Å². The standard InChI is InChI=1S/C36H55N7O6S/c1-9-12-26(29(44)20-46-8)38-21-47-19-24-17-25(18-43(24)34(45)31(35(2,3)4)39-22-48-23-40-36(5,6)7)49-33-30-27(14-16-50-30)41-32(42-33)28-13-10-11-15-37-28/h10-11,13-16,24-26,31,38-40H,9,12,17-23H2,1-8H3/t24-,25?,26-,31+/m0/s1. The fraction of sp³-hybridized carbons (Fsp3) is 0.639. The second-order valence-corrected chi connectivity index (χ2v) is 15.6. The van der Waals surface area contributed by atoms with Gasteiger partial charge in [-0.25, -0.2) is 4.98 Å². The zero-order chi connectivity index (χ0) is 36.3. The molecule has 3 aromatic heterocycles. The van der Waals surface area contributed by atoms with Crippen LogP contribution in [-0.2, 0) is 23.8 Å². The number of Topliss-reactive ketones (excluding diaryl/α,β-unsaturated/α-hetero) is 1. The molecule has 0 spiro atoms. The molecule has 13 nitrogen and oxygen atoms in total. The summed E-state index contributed by atoms with van der Waals surface area (Å²) in [5.74, 6) is 0.870. The van der Waals surface area contributed by atoms with E-state index in [-0.39, 0.29) is 62.1 Å². The number of ketones is 1. The Kier molecular flexibility index (Phi) is 14.6. The number of hydrogen-bond donors (Lipinski definition) is 3. The molecule has 0 saturated carbocycles. The molecule has 0 aliphatic carbocycles. The van der Waals surface area contributed by atoms with Crippen LogP contribution in [0.4, 0.5) is 0 Å². The average Bonchev–Trinajstić information content (AvgIpc) is 3.70. The number of hydrogen-bond acceptors (Lipinski definition) is 13. The van der Waals surface area contributed by atoms with E-state index in [4.69, 9.17) is 28.9 Å². The lowest BCUT2D eigenvalue weighted by atomic mass is 9.85. The molecule has 0 bridgehead atoms. The molecule has 3 aromatic rings. The van der Waals surface area contributed by atoms with E-state index in [2.05, 4.69) is 41.7 Å². The second kappa shape index (κ2) is 18.4. The largest absolute Gasteiger partial charge is 0.471 e. The predicted molar refractivity (Wildman–Crippen MR) is 195 cm³/mol. The summed E-state index contributed by atoms with van der Waals surface area (Å²) in [6.07, 6.45) is 3.42. The first kappa shape index (κ1) is 39.7. The molecular formula is C36H55N7O6S. The van der Waals surface area contributed by atoms with Gasteiger partial charge in [0.2, 0.25) is 11.8 Å². The Morgan fingerprint density at radius 3 is 2.50 bits per heavy atom. The van der Waals surface area contributed by atoms with E-state index in [1.54, 1.807) is 6.20 Å². The van der Waals surface area contributed by atoms with Gasteiger partial charge < -0.3 is 23.8 Å². The molecule has 1 saturated heterocycles. The highest BCUT2D eigenvalue weighted by Crippen LogP contribution is 2.33. The Hall–Kier alpha value is -3.11. The third-order valence-electron chi connectivity index (χ3n) is 8.31. The maximum Gasteiger partial charge on any atom is 0.240 e. The zero-order valence-corrected chi connectivity index (χ0v) is 31.6. The van der Waals surface area contributed by atoms with E-state index < -0.39 is 11.5 Å². The summed E-state index contributed by atoms with van der Waals surface area (Å²) in [5, 5.41) is 11.8. The Morgan fingerprint density at radius 1 is 1.04 bits per heavy atom. The van der Waals surface area contributed by atoms with Gasteiger partial charge in [-0.2, -0.15) is 4.98 Å². The summed E-state index contributed by atoms with van der Waals surface area (Å²) in [6, 6.07) is 6.38. The minimum Gasteiger partial charge on any atom is -0.471 e. The lowest BCUT2D eigenvalue weighted by molar-refractivity contribution is -0.139. The van der Waals surface area contributed by atoms with Crippen LogP contribution in [0.2, 0.25) is 0 Å². The molecule has 3 N–H and O–H groups in total. The van der Waals surface area contributed by atoms with Crippen LogP contribution in [0.1, 0.15) is 67.7 Å². The number of nitrogens with zero attached hydrogens (tertiary/aromatic N) is 4. The Morgan fingerprint density at radius 2 is 1.82 bits per heavy atom. The van der Waals surface area contributed by atoms with Crippen LogP contribution in [0.5, 0.6) is 5.88 Å². The van der Waals surface area contributed by atoms with Crippen LogP contribution in [0.25, 0.3) is 21.7 Å². The summed E-state index contributed by atoms with van der Waals surface area (Å²) in [4.78, 5) is 42.7. The monoisotopic (exact) mass is 713 g/mol. The molecule has 1 unspecified atom stereocenters. The number of pyridine rings is 1. The fourth-order valence-corrected chi connectivity index (χ4v) is 6.49. The highest BCUT2D eigenvalue weighted by molar-refractivity contribution is 7.17. The van der Waals surface area contributed by atoms with E-state index >= 15 is 0 Å². The molecule has 4 rings (SSSR count). The van der Waals surface area contributed by atoms with Crippen molar-refractivity contribution in [1.29, 1.82) is 0 Å². The van der Waals surface area contributed by atoms with Crippen LogP contribution in [0.15, 0.2) is 35.8 Å². The van der Waals surface area contributed by atoms with Crippen molar-refractivity contribution < 1.29 is 28.5 Å². The van der Waals surface area contributed by atoms with E-state index in [0.717, 1.165) is 16.6 Å². The van der Waals surface area contributed by atoms with Crippen molar-refractivity contribution in [3.63, 3.8) is 0 Å². The fourth-order valence-electron chi connectivity index (χ4n) is 5.72. The molecule has 1 amide bonds. The molecule has 1 aliphatic rings. The van der Waals surface area contributed by atoms with Gasteiger partial charge in [-0.05, 0) is 56.2 Å². The number of aromatic nitrogens is 3. The summed E-state index contributed by atoms with van der Waals surface area (Å²) in [5.41, 5.74) is 0.930. The number of methoxy groups -OCH3 is 1. The second-order valence-electron chi connectivity index (χ2n) is 14.7. The van der Waals surface area contributed by atoms with Crippen molar-refractivity contribution in [3.05, 3.63) is 35.8 Å². The van der Waals surface area contributed by atoms with Crippen molar-refractivity contribution >= 4 is 33.2 Å². The number of ether oxygens (including phenoxy) is 4. The molecule has 1 fully saturated rings. The smallest absolute Gasteiger partial charge is 0.240 e. The van der Waals surface area contributed by atoms with Gasteiger partial charge in [-0.15, -0.1) is 11.3 Å². The molecular weight excluding hydrogens is 659 g/mol. The first-order valence-corrected chi connectivity index (χ1v) is 18.2. The average molecular weight is 714 g/mol. The van der Waals surface area contributed by atoms with Crippen molar-refractivity contribution in [2.24, 2.45) is 5.41 Å². The van der Waals surface area contributed by atoms with Crippen LogP contribution >= 0.6 is 11.3 Å². The zero-order valence-electron chi connectivity index (χ0n) is 30.8. The molecule has 4 heterocycles. The first-order valence-electron chi connectivity index (χ1n) is 17.3. The van der Waals surface area contributed by atoms with Gasteiger partial charge in [0.25, 0.3) is 0 Å². The van der Waals surface area contributed by atoms with E-state index in [1.165, 1.54) is 18.4 Å². The normalized spacial score (nSPS) is 18.0. The lowest BCUT2D eigenvalue weighted by Gasteiger charge is -2.36. The van der Waals surface area contributed by atoms with Gasteiger partial charge in [-0.3, -0.25) is 30.5 Å². The van der Waals surface area contributed by atoms with Gasteiger partial charge in [0.15, 0.2) is 11.6 Å². The summed E-state index contributed by atoms with van der Waals surface area (Å²) >= 11 is 1.51. The van der Waals surface area contributed by atoms with E-state index in [0.29, 0.717) is 43.5 Å². The summed E-state index contributed by atoms with van der Waals surface area (Å²) in [7, 11) is 1.51. The third-order valence-corrected chi connectivity index (χ3v) is 9.20. The highest BCUT2D eigenvalue weighted by atomic mass is 32.1. The number of carbonyl (C=O) groups excluding carboxylic acids is 2. The Bertz CT molecular complexity index is 1510. The van der Waals surface area contributed by atoms with E-state index in [1.807, 2.05) is 62.2 Å². The van der Waals surface area contributed by atoms with Gasteiger partial charge in [-0.1, -0.05) is 40.2 Å². The topological polar surface area (TPSA) is 149 Å². The first-order chi connectivity index (χ1) is 23.8. The Balaban J connectivity index is 1.52. The van der Waals surface area contributed by atoms with Gasteiger partial charge in [0.1, 0.15) is 23.1 Å². The van der Waals surface area contributed by atoms with E-state index in [9.17, 15) is 9.59 Å². The van der Waals surface area contributed by atoms with Crippen LogP contribution in [-0.4, -0.2) is 108 Å². The minimum absolute atomic E-state index is 0.0158. The summed E-state index contributed by atoms with van der Waals surface area (Å²) < 4.78 is 24.4.